The van der Waals surface area contributed by atoms with Gasteiger partial charge in [0.25, 0.3) is 0 Å². The zero-order valence-corrected chi connectivity index (χ0v) is 22.1. The van der Waals surface area contributed by atoms with Crippen LogP contribution in [0.25, 0.3) is 0 Å². The molecule has 2 aliphatic carbocycles. The molecule has 2 saturated carbocycles. The quantitative estimate of drug-likeness (QED) is 0.447. The Balaban J connectivity index is 1.50. The van der Waals surface area contributed by atoms with Crippen LogP contribution in [0.4, 0.5) is 10.5 Å². The molecule has 0 spiro atoms. The maximum absolute atomic E-state index is 13.5. The number of benzene rings is 2. The molecule has 0 bridgehead atoms. The highest BCUT2D eigenvalue weighted by molar-refractivity contribution is 6.30. The van der Waals surface area contributed by atoms with E-state index < -0.39 is 0 Å². The second-order valence-electron chi connectivity index (χ2n) is 10.7. The fourth-order valence-corrected chi connectivity index (χ4v) is 6.28. The van der Waals surface area contributed by atoms with Crippen LogP contribution in [0.3, 0.4) is 0 Å². The molecule has 0 aliphatic heterocycles. The van der Waals surface area contributed by atoms with Gasteiger partial charge in [-0.1, -0.05) is 29.8 Å². The van der Waals surface area contributed by atoms with E-state index in [2.05, 4.69) is 61.0 Å². The van der Waals surface area contributed by atoms with Crippen molar-refractivity contribution in [3.05, 3.63) is 64.7 Å². The Kier molecular flexibility index (Phi) is 7.73. The number of halogens is 1. The Morgan fingerprint density at radius 3 is 2.54 bits per heavy atom. The van der Waals surface area contributed by atoms with Gasteiger partial charge in [-0.2, -0.15) is 5.26 Å². The number of amides is 2. The van der Waals surface area contributed by atoms with Crippen LogP contribution in [-0.4, -0.2) is 47.0 Å². The van der Waals surface area contributed by atoms with Gasteiger partial charge < -0.3 is 10.2 Å². The Bertz CT molecular complexity index is 1090. The highest BCUT2D eigenvalue weighted by Crippen LogP contribution is 2.62. The molecule has 0 radical (unpaired) electrons. The summed E-state index contributed by atoms with van der Waals surface area (Å²) >= 11 is 6.16. The van der Waals surface area contributed by atoms with Gasteiger partial charge in [0.1, 0.15) is 0 Å². The standard InChI is InChI=1S/C29H37ClN4O/c1-20(2)33(21(3)4)13-14-34(28(35)32-26-10-6-9-25(30)17-26)27-11-12-29(18-24(29)16-27)23-8-5-7-22(15-23)19-31/h5-10,15,17,20-21,24,27H,11-14,16,18H2,1-4H3,(H,32,35)/t24?,27-,29-/m1/s1. The molecule has 5 nitrogen and oxygen atoms in total. The number of hydrogen-bond donors (Lipinski definition) is 1. The van der Waals surface area contributed by atoms with Crippen LogP contribution in [0.5, 0.6) is 0 Å². The third kappa shape index (κ3) is 5.66. The number of rotatable bonds is 8. The van der Waals surface area contributed by atoms with Gasteiger partial charge in [-0.15, -0.1) is 0 Å². The Hall–Kier alpha value is -2.55. The zero-order valence-electron chi connectivity index (χ0n) is 21.3. The van der Waals surface area contributed by atoms with Gasteiger partial charge in [0, 0.05) is 41.9 Å². The fourth-order valence-electron chi connectivity index (χ4n) is 6.09. The molecule has 3 atom stereocenters. The summed E-state index contributed by atoms with van der Waals surface area (Å²) in [5.41, 5.74) is 2.93. The Labute approximate surface area is 215 Å². The number of nitriles is 1. The predicted octanol–water partition coefficient (Wildman–Crippen LogP) is 6.67. The first-order valence-corrected chi connectivity index (χ1v) is 13.2. The van der Waals surface area contributed by atoms with Crippen molar-refractivity contribution in [1.29, 1.82) is 5.26 Å². The van der Waals surface area contributed by atoms with Gasteiger partial charge >= 0.3 is 6.03 Å². The number of carbonyl (C=O) groups excluding carboxylic acids is 1. The second-order valence-corrected chi connectivity index (χ2v) is 11.2. The second kappa shape index (κ2) is 10.6. The van der Waals surface area contributed by atoms with Crippen LogP contribution in [0.15, 0.2) is 48.5 Å². The van der Waals surface area contributed by atoms with Gasteiger partial charge in [0.15, 0.2) is 0 Å². The lowest BCUT2D eigenvalue weighted by Crippen LogP contribution is -2.50. The maximum atomic E-state index is 13.5. The average molecular weight is 493 g/mol. The molecule has 2 amide bonds. The average Bonchev–Trinajstić information content (AvgIpc) is 3.56. The first-order chi connectivity index (χ1) is 16.7. The van der Waals surface area contributed by atoms with Gasteiger partial charge in [-0.25, -0.2) is 4.79 Å². The van der Waals surface area contributed by atoms with E-state index in [9.17, 15) is 10.1 Å². The van der Waals surface area contributed by atoms with Gasteiger partial charge in [-0.05, 0) is 101 Å². The van der Waals surface area contributed by atoms with E-state index in [-0.39, 0.29) is 17.5 Å². The monoisotopic (exact) mass is 492 g/mol. The van der Waals surface area contributed by atoms with Crippen molar-refractivity contribution in [3.8, 4) is 6.07 Å². The molecular weight excluding hydrogens is 456 g/mol. The summed E-state index contributed by atoms with van der Waals surface area (Å²) in [5, 5.41) is 13.0. The molecule has 2 aromatic rings. The van der Waals surface area contributed by atoms with Crippen molar-refractivity contribution in [3.63, 3.8) is 0 Å². The molecule has 1 N–H and O–H groups in total. The molecule has 2 aliphatic rings. The molecular formula is C29H37ClN4O. The molecule has 6 heteroatoms. The first kappa shape index (κ1) is 25.5. The van der Waals surface area contributed by atoms with Gasteiger partial charge in [0.2, 0.25) is 0 Å². The Morgan fingerprint density at radius 1 is 1.14 bits per heavy atom. The van der Waals surface area contributed by atoms with Crippen molar-refractivity contribution < 1.29 is 4.79 Å². The Morgan fingerprint density at radius 2 is 1.89 bits per heavy atom. The third-order valence-electron chi connectivity index (χ3n) is 7.98. The summed E-state index contributed by atoms with van der Waals surface area (Å²) in [7, 11) is 0. The molecule has 2 fully saturated rings. The normalized spacial score (nSPS) is 23.2. The van der Waals surface area contributed by atoms with E-state index in [1.54, 1.807) is 6.07 Å². The summed E-state index contributed by atoms with van der Waals surface area (Å²) in [6, 6.07) is 18.7. The van der Waals surface area contributed by atoms with E-state index in [1.807, 2.05) is 30.3 Å². The van der Waals surface area contributed by atoms with Crippen molar-refractivity contribution in [1.82, 2.24) is 9.80 Å². The largest absolute Gasteiger partial charge is 0.322 e. The lowest BCUT2D eigenvalue weighted by Gasteiger charge is -2.39. The van der Waals surface area contributed by atoms with E-state index in [0.29, 0.717) is 29.6 Å². The lowest BCUT2D eigenvalue weighted by atomic mass is 9.80. The molecule has 186 valence electrons. The number of hydrogen-bond acceptors (Lipinski definition) is 3. The number of urea groups is 1. The molecule has 35 heavy (non-hydrogen) atoms. The number of carbonyl (C=O) groups is 1. The molecule has 0 aromatic heterocycles. The summed E-state index contributed by atoms with van der Waals surface area (Å²) < 4.78 is 0. The number of nitrogens with one attached hydrogen (secondary N) is 1. The zero-order chi connectivity index (χ0) is 25.2. The van der Waals surface area contributed by atoms with E-state index in [1.165, 1.54) is 5.56 Å². The molecule has 0 heterocycles. The summed E-state index contributed by atoms with van der Waals surface area (Å²) in [6.07, 6.45) is 4.17. The highest BCUT2D eigenvalue weighted by atomic mass is 35.5. The predicted molar refractivity (Wildman–Crippen MR) is 143 cm³/mol. The van der Waals surface area contributed by atoms with Crippen LogP contribution in [-0.2, 0) is 5.41 Å². The van der Waals surface area contributed by atoms with Gasteiger partial charge in [-0.3, -0.25) is 4.90 Å². The smallest absolute Gasteiger partial charge is 0.320 e. The highest BCUT2D eigenvalue weighted by Gasteiger charge is 2.58. The van der Waals surface area contributed by atoms with Crippen LogP contribution < -0.4 is 5.32 Å². The summed E-state index contributed by atoms with van der Waals surface area (Å²) in [4.78, 5) is 18.1. The van der Waals surface area contributed by atoms with Crippen LogP contribution in [0.2, 0.25) is 5.02 Å². The SMILES string of the molecule is CC(C)N(CCN(C(=O)Nc1cccc(Cl)c1)[C@@H]1CC[C@]2(c3cccc(C#N)c3)CC2C1)C(C)C. The van der Waals surface area contributed by atoms with Crippen molar-refractivity contribution in [2.75, 3.05) is 18.4 Å². The fraction of sp³-hybridized carbons (Fsp3) is 0.517. The van der Waals surface area contributed by atoms with Crippen molar-refractivity contribution in [2.24, 2.45) is 5.92 Å². The number of fused-ring (bicyclic) bond motifs is 1. The summed E-state index contributed by atoms with van der Waals surface area (Å²) in [6.45, 7) is 10.4. The number of anilines is 1. The maximum Gasteiger partial charge on any atom is 0.322 e. The minimum atomic E-state index is -0.0515. The topological polar surface area (TPSA) is 59.4 Å². The molecule has 4 rings (SSSR count). The molecule has 1 unspecified atom stereocenters. The van der Waals surface area contributed by atoms with E-state index in [4.69, 9.17) is 11.6 Å². The van der Waals surface area contributed by atoms with Crippen LogP contribution >= 0.6 is 11.6 Å². The van der Waals surface area contributed by atoms with Crippen molar-refractivity contribution in [2.45, 2.75) is 76.9 Å². The third-order valence-corrected chi connectivity index (χ3v) is 8.22. The lowest BCUT2D eigenvalue weighted by molar-refractivity contribution is 0.120. The molecule has 0 saturated heterocycles. The number of nitrogens with zero attached hydrogens (tertiary/aromatic N) is 3. The van der Waals surface area contributed by atoms with Crippen molar-refractivity contribution >= 4 is 23.3 Å². The van der Waals surface area contributed by atoms with E-state index >= 15 is 0 Å². The minimum Gasteiger partial charge on any atom is -0.320 e. The minimum absolute atomic E-state index is 0.0515. The van der Waals surface area contributed by atoms with Gasteiger partial charge in [0.05, 0.1) is 11.6 Å². The van der Waals surface area contributed by atoms with E-state index in [0.717, 1.165) is 43.5 Å². The van der Waals surface area contributed by atoms with Crippen LogP contribution in [0.1, 0.15) is 64.5 Å². The first-order valence-electron chi connectivity index (χ1n) is 12.8. The summed E-state index contributed by atoms with van der Waals surface area (Å²) in [5.74, 6) is 0.558. The van der Waals surface area contributed by atoms with Crippen LogP contribution in [0, 0.1) is 17.2 Å². The molecule has 2 aromatic carbocycles.